The van der Waals surface area contributed by atoms with Crippen LogP contribution in [0.1, 0.15) is 12.0 Å². The molecule has 0 N–H and O–H groups in total. The lowest BCUT2D eigenvalue weighted by Gasteiger charge is -2.31. The van der Waals surface area contributed by atoms with Gasteiger partial charge in [-0.05, 0) is 18.1 Å². The monoisotopic (exact) mass is 368 g/mol. The van der Waals surface area contributed by atoms with Gasteiger partial charge in [-0.15, -0.1) is 23.2 Å². The minimum absolute atomic E-state index is 0.268. The van der Waals surface area contributed by atoms with Crippen molar-refractivity contribution in [3.05, 3.63) is 34.3 Å². The van der Waals surface area contributed by atoms with E-state index in [-0.39, 0.29) is 5.41 Å². The Balaban J connectivity index is 2.71. The van der Waals surface area contributed by atoms with Crippen LogP contribution in [0.3, 0.4) is 0 Å². The molecule has 0 aromatic heterocycles. The van der Waals surface area contributed by atoms with Gasteiger partial charge in [-0.1, -0.05) is 34.1 Å². The fraction of sp³-hybridized carbons (Fsp3) is 0.571. The van der Waals surface area contributed by atoms with Gasteiger partial charge in [-0.3, -0.25) is 0 Å². The van der Waals surface area contributed by atoms with Gasteiger partial charge in [-0.2, -0.15) is 0 Å². The van der Waals surface area contributed by atoms with Crippen LogP contribution >= 0.6 is 39.1 Å². The summed E-state index contributed by atoms with van der Waals surface area (Å²) >= 11 is 15.9. The van der Waals surface area contributed by atoms with Crippen LogP contribution in [-0.4, -0.2) is 38.7 Å². The summed E-state index contributed by atoms with van der Waals surface area (Å²) in [7, 11) is 1.66. The molecule has 0 unspecified atom stereocenters. The number of methoxy groups -OCH3 is 1. The second kappa shape index (κ2) is 9.19. The van der Waals surface area contributed by atoms with E-state index in [4.69, 9.17) is 32.7 Å². The molecule has 0 aliphatic rings. The average Bonchev–Trinajstić information content (AvgIpc) is 2.44. The molecule has 5 heteroatoms. The molecular weight excluding hydrogens is 351 g/mol. The highest BCUT2D eigenvalue weighted by molar-refractivity contribution is 9.10. The summed E-state index contributed by atoms with van der Waals surface area (Å²) in [5.41, 5.74) is 0.867. The molecular formula is C14H19BrCl2O2. The zero-order chi connectivity index (χ0) is 14.1. The number of alkyl halides is 2. The second-order valence-corrected chi connectivity index (χ2v) is 5.77. The summed E-state index contributed by atoms with van der Waals surface area (Å²) < 4.78 is 11.5. The Morgan fingerprint density at radius 3 is 2.37 bits per heavy atom. The van der Waals surface area contributed by atoms with Crippen molar-refractivity contribution in [3.8, 4) is 0 Å². The standard InChI is InChI=1S/C14H19BrCl2O2/c1-18-8-9-19-7-6-14(10-16,11-17)12-4-2-3-5-13(12)15/h2-5H,6-11H2,1H3. The third-order valence-corrected chi connectivity index (χ3v) is 4.83. The van der Waals surface area contributed by atoms with Crippen LogP contribution in [0.5, 0.6) is 0 Å². The molecule has 19 heavy (non-hydrogen) atoms. The van der Waals surface area contributed by atoms with Gasteiger partial charge in [0.1, 0.15) is 0 Å². The third kappa shape index (κ3) is 4.91. The smallest absolute Gasteiger partial charge is 0.0700 e. The molecule has 108 valence electrons. The van der Waals surface area contributed by atoms with Crippen molar-refractivity contribution < 1.29 is 9.47 Å². The maximum absolute atomic E-state index is 6.19. The largest absolute Gasteiger partial charge is 0.382 e. The van der Waals surface area contributed by atoms with Gasteiger partial charge in [0, 0.05) is 35.4 Å². The quantitative estimate of drug-likeness (QED) is 0.479. The SMILES string of the molecule is COCCOCCC(CCl)(CCl)c1ccccc1Br. The van der Waals surface area contributed by atoms with E-state index in [0.29, 0.717) is 31.6 Å². The van der Waals surface area contributed by atoms with Crippen LogP contribution in [0.4, 0.5) is 0 Å². The van der Waals surface area contributed by atoms with E-state index >= 15 is 0 Å². The van der Waals surface area contributed by atoms with Crippen molar-refractivity contribution >= 4 is 39.1 Å². The van der Waals surface area contributed by atoms with Crippen LogP contribution in [0, 0.1) is 0 Å². The summed E-state index contributed by atoms with van der Waals surface area (Å²) in [5.74, 6) is 0.930. The van der Waals surface area contributed by atoms with Crippen molar-refractivity contribution in [3.63, 3.8) is 0 Å². The second-order valence-electron chi connectivity index (χ2n) is 4.38. The fourth-order valence-electron chi connectivity index (χ4n) is 1.85. The molecule has 1 rings (SSSR count). The normalized spacial score (nSPS) is 11.8. The molecule has 0 aliphatic carbocycles. The first-order chi connectivity index (χ1) is 9.20. The fourth-order valence-corrected chi connectivity index (χ4v) is 3.40. The van der Waals surface area contributed by atoms with E-state index in [1.807, 2.05) is 18.2 Å². The molecule has 0 heterocycles. The van der Waals surface area contributed by atoms with Crippen LogP contribution in [0.15, 0.2) is 28.7 Å². The van der Waals surface area contributed by atoms with Crippen molar-refractivity contribution in [2.75, 3.05) is 38.7 Å². The first-order valence-electron chi connectivity index (χ1n) is 6.14. The van der Waals surface area contributed by atoms with Crippen LogP contribution < -0.4 is 0 Å². The number of halogens is 3. The van der Waals surface area contributed by atoms with E-state index in [0.717, 1.165) is 16.5 Å². The summed E-state index contributed by atoms with van der Waals surface area (Å²) in [6.07, 6.45) is 0.784. The van der Waals surface area contributed by atoms with Crippen LogP contribution in [0.2, 0.25) is 0 Å². The van der Waals surface area contributed by atoms with Gasteiger partial charge >= 0.3 is 0 Å². The molecule has 0 fully saturated rings. The Morgan fingerprint density at radius 2 is 1.79 bits per heavy atom. The molecule has 0 amide bonds. The lowest BCUT2D eigenvalue weighted by Crippen LogP contribution is -2.32. The molecule has 0 saturated carbocycles. The van der Waals surface area contributed by atoms with E-state index in [2.05, 4.69) is 22.0 Å². The van der Waals surface area contributed by atoms with Crippen molar-refractivity contribution in [2.45, 2.75) is 11.8 Å². The molecule has 1 aromatic rings. The lowest BCUT2D eigenvalue weighted by atomic mass is 9.81. The Kier molecular flexibility index (Phi) is 8.35. The van der Waals surface area contributed by atoms with Gasteiger partial charge in [0.25, 0.3) is 0 Å². The maximum Gasteiger partial charge on any atom is 0.0700 e. The molecule has 0 radical (unpaired) electrons. The van der Waals surface area contributed by atoms with Gasteiger partial charge in [0.2, 0.25) is 0 Å². The third-order valence-electron chi connectivity index (χ3n) is 3.11. The highest BCUT2D eigenvalue weighted by atomic mass is 79.9. The van der Waals surface area contributed by atoms with E-state index < -0.39 is 0 Å². The Bertz CT molecular complexity index is 370. The summed E-state index contributed by atoms with van der Waals surface area (Å²) in [5, 5.41) is 0. The van der Waals surface area contributed by atoms with E-state index in [1.165, 1.54) is 0 Å². The number of ether oxygens (including phenoxy) is 2. The Morgan fingerprint density at radius 1 is 1.11 bits per heavy atom. The number of rotatable bonds is 9. The van der Waals surface area contributed by atoms with E-state index in [9.17, 15) is 0 Å². The minimum atomic E-state index is -0.268. The zero-order valence-corrected chi connectivity index (χ0v) is 14.1. The van der Waals surface area contributed by atoms with Gasteiger partial charge in [0.15, 0.2) is 0 Å². The number of hydrogen-bond acceptors (Lipinski definition) is 2. The zero-order valence-electron chi connectivity index (χ0n) is 11.0. The lowest BCUT2D eigenvalue weighted by molar-refractivity contribution is 0.0632. The molecule has 0 atom stereocenters. The molecule has 0 spiro atoms. The predicted molar refractivity (Wildman–Crippen MR) is 84.6 cm³/mol. The van der Waals surface area contributed by atoms with Crippen LogP contribution in [0.25, 0.3) is 0 Å². The first kappa shape index (κ1) is 17.3. The van der Waals surface area contributed by atoms with E-state index in [1.54, 1.807) is 7.11 Å². The van der Waals surface area contributed by atoms with Gasteiger partial charge < -0.3 is 9.47 Å². The Labute approximate surface area is 133 Å². The maximum atomic E-state index is 6.19. The summed E-state index contributed by atoms with van der Waals surface area (Å²) in [6, 6.07) is 8.05. The summed E-state index contributed by atoms with van der Waals surface area (Å²) in [4.78, 5) is 0. The van der Waals surface area contributed by atoms with Crippen molar-refractivity contribution in [1.82, 2.24) is 0 Å². The average molecular weight is 370 g/mol. The number of hydrogen-bond donors (Lipinski definition) is 0. The molecule has 0 saturated heterocycles. The van der Waals surface area contributed by atoms with Gasteiger partial charge in [0.05, 0.1) is 13.2 Å². The predicted octanol–water partition coefficient (Wildman–Crippen LogP) is 4.22. The summed E-state index contributed by atoms with van der Waals surface area (Å²) in [6.45, 7) is 1.81. The Hall–Kier alpha value is 0.200. The molecule has 1 aromatic carbocycles. The van der Waals surface area contributed by atoms with Crippen molar-refractivity contribution in [1.29, 1.82) is 0 Å². The van der Waals surface area contributed by atoms with Crippen molar-refractivity contribution in [2.24, 2.45) is 0 Å². The minimum Gasteiger partial charge on any atom is -0.382 e. The van der Waals surface area contributed by atoms with Gasteiger partial charge in [-0.25, -0.2) is 0 Å². The highest BCUT2D eigenvalue weighted by Gasteiger charge is 2.32. The molecule has 0 aliphatic heterocycles. The molecule has 2 nitrogen and oxygen atoms in total. The first-order valence-corrected chi connectivity index (χ1v) is 8.00. The topological polar surface area (TPSA) is 18.5 Å². The number of benzene rings is 1. The molecule has 0 bridgehead atoms. The van der Waals surface area contributed by atoms with Crippen LogP contribution in [-0.2, 0) is 14.9 Å². The highest BCUT2D eigenvalue weighted by Crippen LogP contribution is 2.35.